The van der Waals surface area contributed by atoms with Gasteiger partial charge in [0.05, 0.1) is 12.6 Å². The Morgan fingerprint density at radius 3 is 2.38 bits per heavy atom. The van der Waals surface area contributed by atoms with Crippen molar-refractivity contribution in [1.82, 2.24) is 10.3 Å². The third kappa shape index (κ3) is 6.29. The van der Waals surface area contributed by atoms with Gasteiger partial charge in [0.25, 0.3) is 0 Å². The molecule has 0 spiro atoms. The molecule has 0 aliphatic carbocycles. The van der Waals surface area contributed by atoms with Crippen molar-refractivity contribution in [2.45, 2.75) is 13.0 Å². The van der Waals surface area contributed by atoms with Crippen LogP contribution in [0.3, 0.4) is 0 Å². The maximum atomic E-state index is 13.0. The van der Waals surface area contributed by atoms with Gasteiger partial charge in [-0.2, -0.15) is 0 Å². The van der Waals surface area contributed by atoms with Gasteiger partial charge in [-0.15, -0.1) is 0 Å². The fourth-order valence-electron chi connectivity index (χ4n) is 3.57. The minimum absolute atomic E-state index is 0.100. The van der Waals surface area contributed by atoms with Gasteiger partial charge >= 0.3 is 0 Å². The first kappa shape index (κ1) is 23.6. The monoisotopic (exact) mass is 564 g/mol. The number of rotatable bonds is 8. The molecule has 0 radical (unpaired) electrons. The van der Waals surface area contributed by atoms with Crippen LogP contribution in [0.2, 0.25) is 0 Å². The number of halogens is 2. The molecular weight excluding hydrogens is 542 g/mol. The van der Waals surface area contributed by atoms with E-state index in [9.17, 15) is 9.18 Å². The molecule has 0 saturated carbocycles. The van der Waals surface area contributed by atoms with Crippen molar-refractivity contribution in [3.8, 4) is 16.9 Å². The van der Waals surface area contributed by atoms with Crippen LogP contribution in [-0.4, -0.2) is 10.9 Å². The van der Waals surface area contributed by atoms with Crippen molar-refractivity contribution in [3.05, 3.63) is 119 Å². The molecule has 1 aromatic heterocycles. The zero-order valence-electron chi connectivity index (χ0n) is 18.2. The first-order valence-electron chi connectivity index (χ1n) is 10.7. The second-order valence-corrected chi connectivity index (χ2v) is 8.09. The number of nitrogens with zero attached hydrogens (tertiary/aromatic N) is 1. The zero-order valence-corrected chi connectivity index (χ0v) is 20.4. The second kappa shape index (κ2) is 11.6. The molecule has 0 atom stereocenters. The van der Waals surface area contributed by atoms with Crippen molar-refractivity contribution in [3.63, 3.8) is 0 Å². The molecule has 6 heteroatoms. The minimum atomic E-state index is -0.419. The number of nitrogens with one attached hydrogen (secondary N) is 1. The molecule has 1 amide bonds. The van der Waals surface area contributed by atoms with E-state index in [4.69, 9.17) is 3.07 Å². The highest BCUT2D eigenvalue weighted by atomic mass is 127. The minimum Gasteiger partial charge on any atom is -0.428 e. The van der Waals surface area contributed by atoms with E-state index in [1.54, 1.807) is 0 Å². The lowest BCUT2D eigenvalue weighted by atomic mass is 9.94. The molecule has 4 aromatic rings. The third-order valence-corrected chi connectivity index (χ3v) is 5.81. The summed E-state index contributed by atoms with van der Waals surface area (Å²) >= 11 is 1.87. The van der Waals surface area contributed by atoms with Crippen LogP contribution in [0.4, 0.5) is 4.39 Å². The second-order valence-electron chi connectivity index (χ2n) is 7.65. The predicted octanol–water partition coefficient (Wildman–Crippen LogP) is 6.65. The molecule has 1 heterocycles. The largest absolute Gasteiger partial charge is 0.428 e. The van der Waals surface area contributed by atoms with Crippen LogP contribution < -0.4 is 8.38 Å². The van der Waals surface area contributed by atoms with E-state index in [0.717, 1.165) is 39.8 Å². The van der Waals surface area contributed by atoms with Crippen molar-refractivity contribution in [2.75, 3.05) is 0 Å². The van der Waals surface area contributed by atoms with Crippen LogP contribution in [0.25, 0.3) is 23.3 Å². The lowest BCUT2D eigenvalue weighted by molar-refractivity contribution is -0.120. The lowest BCUT2D eigenvalue weighted by Gasteiger charge is -2.13. The number of carbonyl (C=O) groups is 1. The molecule has 1 N–H and O–H groups in total. The Kier molecular flexibility index (Phi) is 8.04. The number of pyridine rings is 1. The summed E-state index contributed by atoms with van der Waals surface area (Å²) < 4.78 is 18.2. The summed E-state index contributed by atoms with van der Waals surface area (Å²) in [7, 11) is 0. The molecule has 0 unspecified atom stereocenters. The van der Waals surface area contributed by atoms with Gasteiger partial charge in [0, 0.05) is 12.2 Å². The Morgan fingerprint density at radius 2 is 1.65 bits per heavy atom. The van der Waals surface area contributed by atoms with Crippen LogP contribution in [0.5, 0.6) is 5.75 Å². The fourth-order valence-corrected chi connectivity index (χ4v) is 3.87. The quantitative estimate of drug-likeness (QED) is 0.193. The highest BCUT2D eigenvalue weighted by molar-refractivity contribution is 14.1. The smallest absolute Gasteiger partial charge is 0.226 e. The van der Waals surface area contributed by atoms with Crippen LogP contribution in [0.15, 0.2) is 91.1 Å². The van der Waals surface area contributed by atoms with Gasteiger partial charge in [-0.05, 0) is 52.1 Å². The Hall–Kier alpha value is -3.52. The Balaban J connectivity index is 1.51. The third-order valence-electron chi connectivity index (χ3n) is 5.30. The van der Waals surface area contributed by atoms with Crippen LogP contribution in [0, 0.1) is 5.82 Å². The average molecular weight is 564 g/mol. The zero-order chi connectivity index (χ0) is 23.8. The van der Waals surface area contributed by atoms with Crippen molar-refractivity contribution < 1.29 is 12.3 Å². The molecule has 34 heavy (non-hydrogen) atoms. The molecule has 4 rings (SSSR count). The molecule has 0 aliphatic rings. The van der Waals surface area contributed by atoms with Gasteiger partial charge in [-0.3, -0.25) is 9.78 Å². The van der Waals surface area contributed by atoms with E-state index in [2.05, 4.69) is 40.7 Å². The van der Waals surface area contributed by atoms with E-state index in [-0.39, 0.29) is 12.3 Å². The molecular formula is C28H22FIN2O2. The van der Waals surface area contributed by atoms with E-state index in [0.29, 0.717) is 12.2 Å². The highest BCUT2D eigenvalue weighted by Crippen LogP contribution is 2.29. The van der Waals surface area contributed by atoms with Crippen LogP contribution in [0.1, 0.15) is 22.4 Å². The van der Waals surface area contributed by atoms with Crippen molar-refractivity contribution >= 4 is 41.1 Å². The SMILES string of the molecule is O=C(Cc1ccc(F)cn1)NCc1ccccc1-c1ccccc1/C=C/c1ccc(OI)cc1. The van der Waals surface area contributed by atoms with Gasteiger partial charge in [-0.25, -0.2) is 4.39 Å². The molecule has 3 aromatic carbocycles. The lowest BCUT2D eigenvalue weighted by Crippen LogP contribution is -2.25. The maximum absolute atomic E-state index is 13.0. The fraction of sp³-hybridized carbons (Fsp3) is 0.0714. The van der Waals surface area contributed by atoms with E-state index in [1.165, 1.54) is 12.1 Å². The van der Waals surface area contributed by atoms with Crippen molar-refractivity contribution in [2.24, 2.45) is 0 Å². The molecule has 0 saturated heterocycles. The first-order valence-corrected chi connectivity index (χ1v) is 11.6. The van der Waals surface area contributed by atoms with Gasteiger partial charge < -0.3 is 8.38 Å². The summed E-state index contributed by atoms with van der Waals surface area (Å²) in [5.41, 5.74) is 5.81. The topological polar surface area (TPSA) is 51.2 Å². The van der Waals surface area contributed by atoms with E-state index < -0.39 is 5.82 Å². The molecule has 4 nitrogen and oxygen atoms in total. The normalized spacial score (nSPS) is 10.9. The molecule has 0 bridgehead atoms. The van der Waals surface area contributed by atoms with Gasteiger partial charge in [0.15, 0.2) is 23.0 Å². The van der Waals surface area contributed by atoms with Gasteiger partial charge in [0.2, 0.25) is 5.91 Å². The van der Waals surface area contributed by atoms with Crippen LogP contribution in [-0.2, 0) is 17.8 Å². The molecule has 0 aliphatic heterocycles. The Labute approximate surface area is 212 Å². The molecule has 170 valence electrons. The predicted molar refractivity (Wildman–Crippen MR) is 142 cm³/mol. The number of hydrogen-bond donors (Lipinski definition) is 1. The number of benzene rings is 3. The van der Waals surface area contributed by atoms with E-state index in [1.807, 2.05) is 77.6 Å². The highest BCUT2D eigenvalue weighted by Gasteiger charge is 2.10. The summed E-state index contributed by atoms with van der Waals surface area (Å²) in [4.78, 5) is 16.4. The average Bonchev–Trinajstić information content (AvgIpc) is 2.88. The number of carbonyl (C=O) groups excluding carboxylic acids is 1. The van der Waals surface area contributed by atoms with E-state index >= 15 is 0 Å². The Bertz CT molecular complexity index is 1290. The van der Waals surface area contributed by atoms with Crippen LogP contribution >= 0.6 is 23.0 Å². The summed E-state index contributed by atoms with van der Waals surface area (Å²) in [6.45, 7) is 0.381. The maximum Gasteiger partial charge on any atom is 0.226 e. The Morgan fingerprint density at radius 1 is 0.912 bits per heavy atom. The van der Waals surface area contributed by atoms with Gasteiger partial charge in [-0.1, -0.05) is 72.8 Å². The number of hydrogen-bond acceptors (Lipinski definition) is 3. The summed E-state index contributed by atoms with van der Waals surface area (Å²) in [5.74, 6) is 0.225. The number of amides is 1. The standard InChI is InChI=1S/C28H22FIN2O2/c29-23-13-14-24(31-19-23)17-28(33)32-18-22-6-2-4-8-27(22)26-7-3-1-5-21(26)12-9-20-10-15-25(34-30)16-11-20/h1-16,19H,17-18H2,(H,32,33)/b12-9+. The summed E-state index contributed by atoms with van der Waals surface area (Å²) in [6.07, 6.45) is 5.37. The summed E-state index contributed by atoms with van der Waals surface area (Å²) in [6, 6.07) is 26.9. The molecule has 0 fully saturated rings. The summed E-state index contributed by atoms with van der Waals surface area (Å²) in [5, 5.41) is 2.96. The van der Waals surface area contributed by atoms with Crippen molar-refractivity contribution in [1.29, 1.82) is 0 Å². The number of aromatic nitrogens is 1. The first-order chi connectivity index (χ1) is 16.6. The van der Waals surface area contributed by atoms with Gasteiger partial charge in [0.1, 0.15) is 11.6 Å².